The van der Waals surface area contributed by atoms with Crippen LogP contribution in [0.4, 0.5) is 0 Å². The van der Waals surface area contributed by atoms with Crippen LogP contribution in [-0.4, -0.2) is 35.6 Å². The summed E-state index contributed by atoms with van der Waals surface area (Å²) >= 11 is 12.3. The minimum absolute atomic E-state index is 0.0441. The van der Waals surface area contributed by atoms with Crippen LogP contribution in [0.25, 0.3) is 11.3 Å². The Kier molecular flexibility index (Phi) is 5.98. The molecule has 1 unspecified atom stereocenters. The molecule has 198 valence electrons. The molecular formula is C28H19Cl2N7O3. The molecule has 0 saturated carbocycles. The third kappa shape index (κ3) is 4.18. The summed E-state index contributed by atoms with van der Waals surface area (Å²) in [5.74, 6) is 1.66. The van der Waals surface area contributed by atoms with Gasteiger partial charge in [-0.25, -0.2) is 19.2 Å². The van der Waals surface area contributed by atoms with Crippen LogP contribution in [-0.2, 0) is 11.4 Å². The summed E-state index contributed by atoms with van der Waals surface area (Å²) in [4.78, 5) is 14.8. The lowest BCUT2D eigenvalue weighted by atomic mass is 9.88. The van der Waals surface area contributed by atoms with Gasteiger partial charge in [-0.2, -0.15) is 5.10 Å². The molecule has 0 N–H and O–H groups in total. The predicted octanol–water partition coefficient (Wildman–Crippen LogP) is 6.35. The Morgan fingerprint density at radius 2 is 1.88 bits per heavy atom. The summed E-state index contributed by atoms with van der Waals surface area (Å²) in [7, 11) is 0. The second-order valence-electron chi connectivity index (χ2n) is 9.03. The van der Waals surface area contributed by atoms with Crippen molar-refractivity contribution in [1.29, 1.82) is 0 Å². The summed E-state index contributed by atoms with van der Waals surface area (Å²) in [6.07, 6.45) is 4.74. The Hall–Kier alpha value is -4.67. The second kappa shape index (κ2) is 9.82. The molecule has 1 atom stereocenters. The molecule has 0 fully saturated rings. The van der Waals surface area contributed by atoms with Crippen molar-refractivity contribution >= 4 is 35.1 Å². The molecular weight excluding hydrogens is 553 g/mol. The van der Waals surface area contributed by atoms with E-state index < -0.39 is 0 Å². The summed E-state index contributed by atoms with van der Waals surface area (Å²) in [5, 5.41) is 14.6. The summed E-state index contributed by atoms with van der Waals surface area (Å²) < 4.78 is 15.6. The van der Waals surface area contributed by atoms with Crippen molar-refractivity contribution in [2.24, 2.45) is 5.16 Å². The Bertz CT molecular complexity index is 1880. The van der Waals surface area contributed by atoms with E-state index in [2.05, 4.69) is 15.2 Å². The highest BCUT2D eigenvalue weighted by Gasteiger charge is 2.39. The molecule has 1 aliphatic rings. The molecule has 10 nitrogen and oxygen atoms in total. The van der Waals surface area contributed by atoms with Gasteiger partial charge in [0.25, 0.3) is 0 Å². The lowest BCUT2D eigenvalue weighted by Gasteiger charge is -2.24. The maximum Gasteiger partial charge on any atom is 0.230 e. The molecule has 1 aliphatic heterocycles. The number of nitrogens with zero attached hydrogens (tertiary/aromatic N) is 7. The van der Waals surface area contributed by atoms with Crippen LogP contribution in [0.3, 0.4) is 0 Å². The van der Waals surface area contributed by atoms with Crippen molar-refractivity contribution in [1.82, 2.24) is 29.4 Å². The maximum atomic E-state index is 6.38. The van der Waals surface area contributed by atoms with Gasteiger partial charge in [0.1, 0.15) is 12.1 Å². The third-order valence-corrected chi connectivity index (χ3v) is 7.12. The van der Waals surface area contributed by atoms with Crippen LogP contribution in [0.1, 0.15) is 39.9 Å². The first-order valence-corrected chi connectivity index (χ1v) is 13.0. The molecule has 5 heterocycles. The van der Waals surface area contributed by atoms with Crippen molar-refractivity contribution in [3.05, 3.63) is 117 Å². The molecule has 7 rings (SSSR count). The fourth-order valence-electron chi connectivity index (χ4n) is 4.75. The molecule has 4 aromatic heterocycles. The molecule has 6 aromatic rings. The van der Waals surface area contributed by atoms with Gasteiger partial charge in [-0.3, -0.25) is 0 Å². The van der Waals surface area contributed by atoms with Crippen LogP contribution < -0.4 is 4.74 Å². The van der Waals surface area contributed by atoms with E-state index in [4.69, 9.17) is 47.3 Å². The van der Waals surface area contributed by atoms with E-state index in [1.54, 1.807) is 46.2 Å². The smallest absolute Gasteiger partial charge is 0.230 e. The van der Waals surface area contributed by atoms with E-state index in [0.29, 0.717) is 44.6 Å². The molecule has 0 spiro atoms. The van der Waals surface area contributed by atoms with E-state index in [0.717, 1.165) is 22.5 Å². The number of benzene rings is 2. The van der Waals surface area contributed by atoms with Gasteiger partial charge in [-0.1, -0.05) is 46.6 Å². The number of hydrogen-bond acceptors (Lipinski definition) is 8. The number of halogens is 2. The van der Waals surface area contributed by atoms with E-state index in [-0.39, 0.29) is 12.5 Å². The molecule has 40 heavy (non-hydrogen) atoms. The van der Waals surface area contributed by atoms with Crippen LogP contribution in [0.2, 0.25) is 10.0 Å². The summed E-state index contributed by atoms with van der Waals surface area (Å²) in [5.41, 5.74) is 4.43. The number of fused-ring (bicyclic) bond motifs is 4. The lowest BCUT2D eigenvalue weighted by Crippen LogP contribution is -2.15. The minimum atomic E-state index is -0.387. The normalized spacial score (nSPS) is 14.3. The molecule has 12 heteroatoms. The van der Waals surface area contributed by atoms with E-state index in [9.17, 15) is 0 Å². The number of aromatic nitrogens is 6. The summed E-state index contributed by atoms with van der Waals surface area (Å²) in [6, 6.07) is 18.5. The van der Waals surface area contributed by atoms with E-state index in [1.807, 2.05) is 49.4 Å². The maximum absolute atomic E-state index is 6.38. The topological polar surface area (TPSA) is 105 Å². The molecule has 0 bridgehead atoms. The standard InChI is InChI=1S/C28H19Cl2N7O3/c1-16-23-24(21-7-4-12-38-21)25-26-33-22(14-39-32-13-17-5-2-3-6-20(17)30)35-36(26)15-31-27(25)40-28(23)37(34-16)19-10-8-18(29)9-11-19/h2-13,15,24H,14H2,1H3/b32-13+. The highest BCUT2D eigenvalue weighted by Crippen LogP contribution is 2.49. The van der Waals surface area contributed by atoms with Crippen molar-refractivity contribution in [3.8, 4) is 17.4 Å². The van der Waals surface area contributed by atoms with Crippen LogP contribution in [0.5, 0.6) is 11.8 Å². The highest BCUT2D eigenvalue weighted by atomic mass is 35.5. The zero-order valence-electron chi connectivity index (χ0n) is 20.9. The second-order valence-corrected chi connectivity index (χ2v) is 9.88. The van der Waals surface area contributed by atoms with Gasteiger partial charge >= 0.3 is 0 Å². The van der Waals surface area contributed by atoms with E-state index >= 15 is 0 Å². The first-order chi connectivity index (χ1) is 19.6. The fraction of sp³-hybridized carbons (Fsp3) is 0.107. The molecule has 0 saturated heterocycles. The van der Waals surface area contributed by atoms with Gasteiger partial charge in [-0.15, -0.1) is 5.10 Å². The van der Waals surface area contributed by atoms with Crippen molar-refractivity contribution in [2.45, 2.75) is 19.4 Å². The third-order valence-electron chi connectivity index (χ3n) is 6.53. The fourth-order valence-corrected chi connectivity index (χ4v) is 5.06. The Labute approximate surface area is 237 Å². The molecule has 2 aromatic carbocycles. The minimum Gasteiger partial charge on any atom is -0.468 e. The number of ether oxygens (including phenoxy) is 1. The first-order valence-electron chi connectivity index (χ1n) is 12.3. The van der Waals surface area contributed by atoms with Gasteiger partial charge in [0, 0.05) is 15.6 Å². The average Bonchev–Trinajstić information content (AvgIpc) is 3.71. The number of aryl methyl sites for hydroxylation is 1. The quantitative estimate of drug-likeness (QED) is 0.169. The molecule has 0 amide bonds. The summed E-state index contributed by atoms with van der Waals surface area (Å²) in [6.45, 7) is 1.98. The van der Waals surface area contributed by atoms with Gasteiger partial charge < -0.3 is 14.0 Å². The Morgan fingerprint density at radius 1 is 1.02 bits per heavy atom. The first kappa shape index (κ1) is 24.4. The van der Waals surface area contributed by atoms with Gasteiger partial charge in [0.2, 0.25) is 11.8 Å². The van der Waals surface area contributed by atoms with Crippen LogP contribution in [0, 0.1) is 6.92 Å². The van der Waals surface area contributed by atoms with Gasteiger partial charge in [-0.05, 0) is 49.4 Å². The van der Waals surface area contributed by atoms with Crippen molar-refractivity contribution < 1.29 is 14.0 Å². The SMILES string of the molecule is Cc1nn(-c2ccc(Cl)cc2)c2c1C(c1ccco1)c1c(ncn3nc(CO/N=C/c4ccccc4Cl)nc13)O2. The number of hydrogen-bond donors (Lipinski definition) is 0. The largest absolute Gasteiger partial charge is 0.468 e. The van der Waals surface area contributed by atoms with Crippen LogP contribution >= 0.6 is 23.2 Å². The van der Waals surface area contributed by atoms with Crippen LogP contribution in [0.15, 0.2) is 82.8 Å². The van der Waals surface area contributed by atoms with Crippen molar-refractivity contribution in [3.63, 3.8) is 0 Å². The van der Waals surface area contributed by atoms with Gasteiger partial charge in [0.05, 0.1) is 40.9 Å². The predicted molar refractivity (Wildman–Crippen MR) is 148 cm³/mol. The monoisotopic (exact) mass is 571 g/mol. The average molecular weight is 572 g/mol. The highest BCUT2D eigenvalue weighted by molar-refractivity contribution is 6.33. The lowest BCUT2D eigenvalue weighted by molar-refractivity contribution is 0.126. The molecule has 0 radical (unpaired) electrons. The zero-order chi connectivity index (χ0) is 27.2. The van der Waals surface area contributed by atoms with Gasteiger partial charge in [0.15, 0.2) is 18.1 Å². The zero-order valence-corrected chi connectivity index (χ0v) is 22.4. The van der Waals surface area contributed by atoms with E-state index in [1.165, 1.54) is 0 Å². The number of oxime groups is 1. The van der Waals surface area contributed by atoms with Crippen molar-refractivity contribution in [2.75, 3.05) is 0 Å². The molecule has 0 aliphatic carbocycles. The Balaban J connectivity index is 1.28. The number of rotatable bonds is 6. The Morgan fingerprint density at radius 3 is 2.67 bits per heavy atom. The number of furan rings is 1.